The number of hydrogen-bond acceptors (Lipinski definition) is 4. The Bertz CT molecular complexity index is 469. The van der Waals surface area contributed by atoms with Gasteiger partial charge in [-0.2, -0.15) is 0 Å². The van der Waals surface area contributed by atoms with Crippen molar-refractivity contribution in [1.29, 1.82) is 0 Å². The van der Waals surface area contributed by atoms with Crippen LogP contribution >= 0.6 is 0 Å². The Hall–Kier alpha value is -2.14. The number of rotatable bonds is 6. The number of nitrogens with one attached hydrogen (secondary N) is 1. The summed E-state index contributed by atoms with van der Waals surface area (Å²) >= 11 is 0. The minimum atomic E-state index is -0.494. The van der Waals surface area contributed by atoms with Crippen LogP contribution in [0.15, 0.2) is 48.9 Å². The van der Waals surface area contributed by atoms with Crippen molar-refractivity contribution in [2.45, 2.75) is 6.92 Å². The van der Waals surface area contributed by atoms with Gasteiger partial charge in [0.2, 0.25) is 5.88 Å². The summed E-state index contributed by atoms with van der Waals surface area (Å²) in [4.78, 5) is 4.06. The fourth-order valence-electron chi connectivity index (χ4n) is 1.20. The third-order valence-electron chi connectivity index (χ3n) is 2.10. The first kappa shape index (κ1) is 13.9. The number of aryl methyl sites for hydroxylation is 1. The molecule has 0 saturated heterocycles. The monoisotopic (exact) mass is 249 g/mol. The third kappa shape index (κ3) is 4.39. The fourth-order valence-corrected chi connectivity index (χ4v) is 1.20. The quantitative estimate of drug-likeness (QED) is 0.352. The van der Waals surface area contributed by atoms with Gasteiger partial charge in [0.25, 0.3) is 0 Å². The lowest BCUT2D eigenvalue weighted by atomic mass is 10.2. The number of nitrogens with zero attached hydrogens (tertiary/aromatic N) is 1. The highest BCUT2D eigenvalue weighted by Gasteiger charge is 2.01. The van der Waals surface area contributed by atoms with Gasteiger partial charge >= 0.3 is 0 Å². The second kappa shape index (κ2) is 7.24. The van der Waals surface area contributed by atoms with E-state index in [9.17, 15) is 4.39 Å². The molecule has 0 saturated carbocycles. The van der Waals surface area contributed by atoms with Gasteiger partial charge in [0.1, 0.15) is 12.4 Å². The maximum Gasteiger partial charge on any atom is 0.219 e. The molecular formula is C13H16FN3O. The smallest absolute Gasteiger partial charge is 0.219 e. The fraction of sp³-hybridized carbons (Fsp3) is 0.154. The molecule has 1 heterocycles. The highest BCUT2D eigenvalue weighted by molar-refractivity contribution is 5.49. The average Bonchev–Trinajstić information content (AvgIpc) is 2.35. The molecule has 0 fully saturated rings. The van der Waals surface area contributed by atoms with Crippen molar-refractivity contribution >= 4 is 5.69 Å². The van der Waals surface area contributed by atoms with Gasteiger partial charge in [0.15, 0.2) is 0 Å². The van der Waals surface area contributed by atoms with Gasteiger partial charge in [-0.25, -0.2) is 9.37 Å². The Kier molecular flexibility index (Phi) is 5.60. The molecule has 0 aliphatic heterocycles. The zero-order valence-corrected chi connectivity index (χ0v) is 10.2. The Morgan fingerprint density at radius 2 is 2.39 bits per heavy atom. The molecule has 1 aromatic heterocycles. The lowest BCUT2D eigenvalue weighted by Gasteiger charge is -2.07. The van der Waals surface area contributed by atoms with E-state index in [1.165, 1.54) is 6.08 Å². The van der Waals surface area contributed by atoms with Crippen LogP contribution in [0, 0.1) is 6.92 Å². The number of anilines is 1. The molecule has 18 heavy (non-hydrogen) atoms. The molecule has 0 amide bonds. The van der Waals surface area contributed by atoms with Crippen LogP contribution < -0.4 is 16.0 Å². The van der Waals surface area contributed by atoms with Crippen LogP contribution in [-0.2, 0) is 0 Å². The summed E-state index contributed by atoms with van der Waals surface area (Å²) in [6.07, 6.45) is 7.80. The molecule has 0 bridgehead atoms. The van der Waals surface area contributed by atoms with Crippen molar-refractivity contribution in [2.24, 2.45) is 5.84 Å². The van der Waals surface area contributed by atoms with Crippen LogP contribution in [0.4, 0.5) is 10.1 Å². The van der Waals surface area contributed by atoms with Crippen LogP contribution in [0.2, 0.25) is 0 Å². The molecule has 0 unspecified atom stereocenters. The second-order valence-corrected chi connectivity index (χ2v) is 3.49. The number of ether oxygens (including phenoxy) is 1. The van der Waals surface area contributed by atoms with E-state index in [1.807, 2.05) is 6.92 Å². The molecular weight excluding hydrogens is 233 g/mol. The Labute approximate surface area is 106 Å². The Morgan fingerprint density at radius 1 is 1.61 bits per heavy atom. The van der Waals surface area contributed by atoms with Crippen LogP contribution in [-0.4, -0.2) is 11.7 Å². The zero-order chi connectivity index (χ0) is 13.4. The molecule has 96 valence electrons. The summed E-state index contributed by atoms with van der Waals surface area (Å²) in [5, 5.41) is 0. The summed E-state index contributed by atoms with van der Waals surface area (Å²) in [5.74, 6) is 6.14. The molecule has 0 radical (unpaired) electrons. The van der Waals surface area contributed by atoms with Crippen molar-refractivity contribution in [2.75, 3.05) is 12.1 Å². The molecule has 5 heteroatoms. The number of hydrogen-bond donors (Lipinski definition) is 2. The minimum absolute atomic E-state index is 0.416. The molecule has 1 aromatic rings. The highest BCUT2D eigenvalue weighted by Crippen LogP contribution is 2.18. The van der Waals surface area contributed by atoms with Gasteiger partial charge in [0.05, 0.1) is 11.9 Å². The third-order valence-corrected chi connectivity index (χ3v) is 2.10. The van der Waals surface area contributed by atoms with E-state index in [2.05, 4.69) is 17.0 Å². The van der Waals surface area contributed by atoms with Crippen molar-refractivity contribution in [3.63, 3.8) is 0 Å². The first-order valence-electron chi connectivity index (χ1n) is 5.36. The van der Waals surface area contributed by atoms with Gasteiger partial charge in [0, 0.05) is 6.07 Å². The van der Waals surface area contributed by atoms with Gasteiger partial charge < -0.3 is 10.2 Å². The van der Waals surface area contributed by atoms with E-state index in [1.54, 1.807) is 30.5 Å². The van der Waals surface area contributed by atoms with Crippen molar-refractivity contribution in [3.8, 4) is 5.88 Å². The van der Waals surface area contributed by atoms with E-state index in [-0.39, 0.29) is 0 Å². The summed E-state index contributed by atoms with van der Waals surface area (Å²) in [6.45, 7) is 5.09. The Morgan fingerprint density at radius 3 is 3.00 bits per heavy atom. The number of pyridine rings is 1. The minimum Gasteiger partial charge on any atom is -0.440 e. The van der Waals surface area contributed by atoms with Crippen LogP contribution in [0.25, 0.3) is 0 Å². The molecule has 4 nitrogen and oxygen atoms in total. The number of nitrogens with two attached hydrogens (primary N) is 1. The maximum atomic E-state index is 11.8. The molecule has 0 aliphatic carbocycles. The summed E-state index contributed by atoms with van der Waals surface area (Å²) in [7, 11) is 0. The van der Waals surface area contributed by atoms with Crippen LogP contribution in [0.1, 0.15) is 5.56 Å². The molecule has 0 aliphatic rings. The first-order valence-corrected chi connectivity index (χ1v) is 5.36. The number of alkyl halides is 1. The SMILES string of the molecule is C=C(/C=C\C=C/CF)Oc1cc(C)c(NN)cn1. The van der Waals surface area contributed by atoms with Crippen molar-refractivity contribution < 1.29 is 9.13 Å². The average molecular weight is 249 g/mol. The summed E-state index contributed by atoms with van der Waals surface area (Å²) < 4.78 is 17.2. The maximum absolute atomic E-state index is 11.8. The van der Waals surface area contributed by atoms with E-state index < -0.39 is 6.67 Å². The first-order chi connectivity index (χ1) is 8.67. The van der Waals surface area contributed by atoms with Gasteiger partial charge in [-0.05, 0) is 18.6 Å². The number of nitrogen functional groups attached to an aromatic ring is 1. The normalized spacial score (nSPS) is 11.1. The van der Waals surface area contributed by atoms with Crippen LogP contribution in [0.5, 0.6) is 5.88 Å². The number of hydrazine groups is 1. The highest BCUT2D eigenvalue weighted by atomic mass is 19.1. The molecule has 0 spiro atoms. The van der Waals surface area contributed by atoms with Gasteiger partial charge in [-0.1, -0.05) is 24.8 Å². The number of aromatic nitrogens is 1. The predicted octanol–water partition coefficient (Wildman–Crippen LogP) is 2.65. The Balaban J connectivity index is 2.62. The lowest BCUT2D eigenvalue weighted by Crippen LogP contribution is -2.08. The second-order valence-electron chi connectivity index (χ2n) is 3.49. The number of halogens is 1. The molecule has 0 aromatic carbocycles. The van der Waals surface area contributed by atoms with E-state index in [4.69, 9.17) is 10.6 Å². The molecule has 3 N–H and O–H groups in total. The van der Waals surface area contributed by atoms with E-state index in [0.29, 0.717) is 11.6 Å². The topological polar surface area (TPSA) is 60.2 Å². The summed E-state index contributed by atoms with van der Waals surface area (Å²) in [6, 6.07) is 1.74. The predicted molar refractivity (Wildman–Crippen MR) is 70.8 cm³/mol. The molecule has 0 atom stereocenters. The van der Waals surface area contributed by atoms with Gasteiger partial charge in [-0.3, -0.25) is 5.84 Å². The van der Waals surface area contributed by atoms with E-state index in [0.717, 1.165) is 11.3 Å². The van der Waals surface area contributed by atoms with Crippen molar-refractivity contribution in [3.05, 3.63) is 54.5 Å². The molecule has 1 rings (SSSR count). The zero-order valence-electron chi connectivity index (χ0n) is 10.2. The summed E-state index contributed by atoms with van der Waals surface area (Å²) in [5.41, 5.74) is 4.17. The largest absolute Gasteiger partial charge is 0.440 e. The van der Waals surface area contributed by atoms with Crippen molar-refractivity contribution in [1.82, 2.24) is 4.98 Å². The standard InChI is InChI=1S/C13H16FN3O/c1-10-8-13(16-9-12(10)17-15)18-11(2)6-4-3-5-7-14/h3-6,8-9,17H,2,7,15H2,1H3/b5-3-,6-4-. The number of allylic oxidation sites excluding steroid dienone is 4. The van der Waals surface area contributed by atoms with E-state index >= 15 is 0 Å². The van der Waals surface area contributed by atoms with Crippen LogP contribution in [0.3, 0.4) is 0 Å². The van der Waals surface area contributed by atoms with Gasteiger partial charge in [-0.15, -0.1) is 0 Å². The lowest BCUT2D eigenvalue weighted by molar-refractivity contribution is 0.428.